The number of hydrogen-bond donors (Lipinski definition) is 1. The maximum absolute atomic E-state index is 5.79. The number of hydrogen-bond acceptors (Lipinski definition) is 3. The molecule has 0 aliphatic carbocycles. The van der Waals surface area contributed by atoms with Gasteiger partial charge in [0.25, 0.3) is 0 Å². The lowest BCUT2D eigenvalue weighted by Crippen LogP contribution is -2.12. The second kappa shape index (κ2) is 7.29. The van der Waals surface area contributed by atoms with Crippen molar-refractivity contribution in [2.45, 2.75) is 20.3 Å². The van der Waals surface area contributed by atoms with Crippen LogP contribution in [0, 0.1) is 6.92 Å². The largest absolute Gasteiger partial charge is 0.490 e. The highest BCUT2D eigenvalue weighted by atomic mass is 79.9. The van der Waals surface area contributed by atoms with Gasteiger partial charge in [0, 0.05) is 22.4 Å². The number of rotatable bonds is 6. The molecule has 1 aromatic heterocycles. The molecular formula is C16H19BrN2O. The second-order valence-electron chi connectivity index (χ2n) is 4.53. The molecule has 2 rings (SSSR count). The van der Waals surface area contributed by atoms with Crippen molar-refractivity contribution < 1.29 is 4.74 Å². The number of pyridine rings is 1. The van der Waals surface area contributed by atoms with E-state index in [0.717, 1.165) is 40.3 Å². The zero-order valence-electron chi connectivity index (χ0n) is 11.8. The van der Waals surface area contributed by atoms with E-state index >= 15 is 0 Å². The first-order valence-electron chi connectivity index (χ1n) is 6.78. The Morgan fingerprint density at radius 3 is 2.60 bits per heavy atom. The average molecular weight is 335 g/mol. The fraction of sp³-hybridized carbons (Fsp3) is 0.312. The predicted molar refractivity (Wildman–Crippen MR) is 86.5 cm³/mol. The van der Waals surface area contributed by atoms with Gasteiger partial charge in [0.2, 0.25) is 0 Å². The summed E-state index contributed by atoms with van der Waals surface area (Å²) in [6.45, 7) is 5.47. The molecule has 1 heterocycles. The van der Waals surface area contributed by atoms with Gasteiger partial charge in [0.15, 0.2) is 0 Å². The normalized spacial score (nSPS) is 10.3. The van der Waals surface area contributed by atoms with Crippen LogP contribution in [-0.4, -0.2) is 18.1 Å². The molecule has 20 heavy (non-hydrogen) atoms. The first-order valence-corrected chi connectivity index (χ1v) is 7.57. The van der Waals surface area contributed by atoms with Crippen LogP contribution < -0.4 is 10.1 Å². The van der Waals surface area contributed by atoms with Crippen LogP contribution in [0.15, 0.2) is 40.9 Å². The topological polar surface area (TPSA) is 34.1 Å². The van der Waals surface area contributed by atoms with Crippen molar-refractivity contribution in [3.8, 4) is 5.75 Å². The van der Waals surface area contributed by atoms with Gasteiger partial charge in [0.05, 0.1) is 5.69 Å². The molecule has 0 saturated heterocycles. The third kappa shape index (κ3) is 4.23. The van der Waals surface area contributed by atoms with Crippen LogP contribution in [0.25, 0.3) is 0 Å². The number of nitrogens with zero attached hydrogens (tertiary/aromatic N) is 1. The zero-order chi connectivity index (χ0) is 14.4. The summed E-state index contributed by atoms with van der Waals surface area (Å²) in [4.78, 5) is 4.49. The smallest absolute Gasteiger partial charge is 0.140 e. The Morgan fingerprint density at radius 2 is 1.90 bits per heavy atom. The van der Waals surface area contributed by atoms with Crippen LogP contribution in [0.1, 0.15) is 18.3 Å². The summed E-state index contributed by atoms with van der Waals surface area (Å²) < 4.78 is 6.88. The second-order valence-corrected chi connectivity index (χ2v) is 5.45. The Bertz CT molecular complexity index is 555. The van der Waals surface area contributed by atoms with Gasteiger partial charge >= 0.3 is 0 Å². The number of nitrogens with one attached hydrogen (secondary N) is 1. The van der Waals surface area contributed by atoms with E-state index < -0.39 is 0 Å². The third-order valence-corrected chi connectivity index (χ3v) is 3.47. The van der Waals surface area contributed by atoms with Crippen molar-refractivity contribution >= 4 is 21.6 Å². The molecule has 0 spiro atoms. The van der Waals surface area contributed by atoms with Gasteiger partial charge in [-0.2, -0.15) is 0 Å². The molecule has 1 aromatic carbocycles. The highest BCUT2D eigenvalue weighted by molar-refractivity contribution is 9.10. The summed E-state index contributed by atoms with van der Waals surface area (Å²) in [6, 6.07) is 12.1. The molecule has 1 N–H and O–H groups in total. The molecule has 4 heteroatoms. The lowest BCUT2D eigenvalue weighted by Gasteiger charge is -2.11. The molecule has 106 valence electrons. The summed E-state index contributed by atoms with van der Waals surface area (Å²) >= 11 is 3.42. The quantitative estimate of drug-likeness (QED) is 0.803. The average Bonchev–Trinajstić information content (AvgIpc) is 2.46. The molecule has 3 nitrogen and oxygen atoms in total. The van der Waals surface area contributed by atoms with Crippen molar-refractivity contribution in [3.63, 3.8) is 0 Å². The molecule has 0 unspecified atom stereocenters. The van der Waals surface area contributed by atoms with Gasteiger partial charge in [-0.1, -0.05) is 22.9 Å². The fourth-order valence-electron chi connectivity index (χ4n) is 1.91. The molecule has 0 atom stereocenters. The maximum Gasteiger partial charge on any atom is 0.140 e. The molecule has 0 saturated carbocycles. The first-order chi connectivity index (χ1) is 9.69. The minimum absolute atomic E-state index is 0.619. The van der Waals surface area contributed by atoms with E-state index in [4.69, 9.17) is 4.74 Å². The van der Waals surface area contributed by atoms with E-state index in [0.29, 0.717) is 6.61 Å². The van der Waals surface area contributed by atoms with E-state index in [2.05, 4.69) is 33.2 Å². The van der Waals surface area contributed by atoms with Crippen molar-refractivity contribution in [1.29, 1.82) is 0 Å². The fourth-order valence-corrected chi connectivity index (χ4v) is 2.17. The van der Waals surface area contributed by atoms with E-state index in [-0.39, 0.29) is 0 Å². The summed E-state index contributed by atoms with van der Waals surface area (Å²) in [7, 11) is 0. The summed E-state index contributed by atoms with van der Waals surface area (Å²) in [5.41, 5.74) is 3.14. The zero-order valence-corrected chi connectivity index (χ0v) is 13.4. The van der Waals surface area contributed by atoms with Crippen molar-refractivity contribution in [1.82, 2.24) is 4.98 Å². The number of benzene rings is 1. The van der Waals surface area contributed by atoms with Gasteiger partial charge in [-0.3, -0.25) is 4.98 Å². The number of aryl methyl sites for hydroxylation is 2. The predicted octanol–water partition coefficient (Wildman–Crippen LogP) is 4.21. The van der Waals surface area contributed by atoms with Gasteiger partial charge in [-0.25, -0.2) is 0 Å². The Labute approximate surface area is 128 Å². The standard InChI is InChI=1S/C16H19BrN2O/c1-3-15-16(9-4-12(2)19-15)20-11-10-18-14-7-5-13(17)6-8-14/h4-9,18H,3,10-11H2,1-2H3. The molecule has 0 aliphatic rings. The summed E-state index contributed by atoms with van der Waals surface area (Å²) in [5.74, 6) is 0.885. The molecule has 2 aromatic rings. The molecule has 0 aliphatic heterocycles. The van der Waals surface area contributed by atoms with E-state index in [1.165, 1.54) is 0 Å². The van der Waals surface area contributed by atoms with Crippen molar-refractivity contribution in [3.05, 3.63) is 52.3 Å². The van der Waals surface area contributed by atoms with Crippen LogP contribution in [0.4, 0.5) is 5.69 Å². The lowest BCUT2D eigenvalue weighted by atomic mass is 10.2. The Morgan fingerprint density at radius 1 is 1.15 bits per heavy atom. The number of anilines is 1. The maximum atomic E-state index is 5.79. The highest BCUT2D eigenvalue weighted by Gasteiger charge is 2.03. The number of aromatic nitrogens is 1. The SMILES string of the molecule is CCc1nc(C)ccc1OCCNc1ccc(Br)cc1. The van der Waals surface area contributed by atoms with E-state index in [1.807, 2.05) is 43.3 Å². The van der Waals surface area contributed by atoms with Crippen LogP contribution in [-0.2, 0) is 6.42 Å². The van der Waals surface area contributed by atoms with Crippen LogP contribution >= 0.6 is 15.9 Å². The van der Waals surface area contributed by atoms with Gasteiger partial charge < -0.3 is 10.1 Å². The van der Waals surface area contributed by atoms with Crippen LogP contribution in [0.3, 0.4) is 0 Å². The summed E-state index contributed by atoms with van der Waals surface area (Å²) in [6.07, 6.45) is 0.886. The minimum atomic E-state index is 0.619. The van der Waals surface area contributed by atoms with E-state index in [1.54, 1.807) is 0 Å². The van der Waals surface area contributed by atoms with Crippen LogP contribution in [0.5, 0.6) is 5.75 Å². The van der Waals surface area contributed by atoms with E-state index in [9.17, 15) is 0 Å². The minimum Gasteiger partial charge on any atom is -0.490 e. The number of ether oxygens (including phenoxy) is 1. The van der Waals surface area contributed by atoms with Gasteiger partial charge in [0.1, 0.15) is 12.4 Å². The van der Waals surface area contributed by atoms with Gasteiger partial charge in [-0.15, -0.1) is 0 Å². The molecule has 0 radical (unpaired) electrons. The molecule has 0 bridgehead atoms. The number of halogens is 1. The third-order valence-electron chi connectivity index (χ3n) is 2.94. The molecule has 0 fully saturated rings. The Hall–Kier alpha value is -1.55. The van der Waals surface area contributed by atoms with Crippen molar-refractivity contribution in [2.24, 2.45) is 0 Å². The molecular weight excluding hydrogens is 316 g/mol. The Kier molecular flexibility index (Phi) is 5.41. The monoisotopic (exact) mass is 334 g/mol. The highest BCUT2D eigenvalue weighted by Crippen LogP contribution is 2.17. The van der Waals surface area contributed by atoms with Crippen LogP contribution in [0.2, 0.25) is 0 Å². The Balaban J connectivity index is 1.82. The van der Waals surface area contributed by atoms with Crippen molar-refractivity contribution in [2.75, 3.05) is 18.5 Å². The lowest BCUT2D eigenvalue weighted by molar-refractivity contribution is 0.327. The van der Waals surface area contributed by atoms with Gasteiger partial charge in [-0.05, 0) is 49.7 Å². The molecule has 0 amide bonds. The summed E-state index contributed by atoms with van der Waals surface area (Å²) in [5, 5.41) is 3.32. The first kappa shape index (κ1) is 14.9.